The minimum atomic E-state index is -0.560. The third-order valence-electron chi connectivity index (χ3n) is 2.89. The zero-order valence-electron chi connectivity index (χ0n) is 12.3. The van der Waals surface area contributed by atoms with Gasteiger partial charge in [0.05, 0.1) is 10.7 Å². The second-order valence-electron chi connectivity index (χ2n) is 4.47. The summed E-state index contributed by atoms with van der Waals surface area (Å²) in [5.41, 5.74) is 1.03. The summed E-state index contributed by atoms with van der Waals surface area (Å²) in [6, 6.07) is 15.6. The minimum Gasteiger partial charge on any atom is -0.360 e. The third-order valence-corrected chi connectivity index (χ3v) is 3.82. The number of anilines is 2. The number of carbonyl (C=O) groups is 1. The molecule has 2 aromatic carbocycles. The number of hydrogen-bond donors (Lipinski definition) is 2. The maximum Gasteiger partial charge on any atom is 0.267 e. The van der Waals surface area contributed by atoms with Crippen LogP contribution in [-0.2, 0) is 4.79 Å². The van der Waals surface area contributed by atoms with E-state index in [-0.39, 0.29) is 5.57 Å². The van der Waals surface area contributed by atoms with E-state index in [2.05, 4.69) is 10.6 Å². The number of thiocyanates is 1. The summed E-state index contributed by atoms with van der Waals surface area (Å²) in [4.78, 5) is 12.9. The molecule has 24 heavy (non-hydrogen) atoms. The lowest BCUT2D eigenvalue weighted by Crippen LogP contribution is -2.14. The maximum absolute atomic E-state index is 12.1. The Kier molecular flexibility index (Phi) is 6.27. The molecule has 0 fully saturated rings. The van der Waals surface area contributed by atoms with Crippen molar-refractivity contribution in [2.45, 2.75) is 4.90 Å². The molecule has 0 spiro atoms. The molecule has 0 aliphatic heterocycles. The number of hydrogen-bond acceptors (Lipinski definition) is 5. The number of para-hydroxylation sites is 1. The van der Waals surface area contributed by atoms with E-state index >= 15 is 0 Å². The van der Waals surface area contributed by atoms with Crippen molar-refractivity contribution in [3.63, 3.8) is 0 Å². The molecular weight excluding hydrogens is 344 g/mol. The molecule has 0 bridgehead atoms. The van der Waals surface area contributed by atoms with Crippen LogP contribution < -0.4 is 10.6 Å². The molecule has 1 amide bonds. The number of thioether (sulfide) groups is 1. The van der Waals surface area contributed by atoms with Crippen molar-refractivity contribution in [3.05, 3.63) is 65.3 Å². The number of benzene rings is 2. The van der Waals surface area contributed by atoms with E-state index in [1.807, 2.05) is 11.5 Å². The number of rotatable bonds is 5. The van der Waals surface area contributed by atoms with Gasteiger partial charge in [-0.2, -0.15) is 10.5 Å². The normalized spacial score (nSPS) is 10.4. The molecule has 2 rings (SSSR count). The number of nitrogens with one attached hydrogen (secondary N) is 2. The van der Waals surface area contributed by atoms with Crippen molar-refractivity contribution in [3.8, 4) is 11.5 Å². The Morgan fingerprint density at radius 2 is 1.83 bits per heavy atom. The van der Waals surface area contributed by atoms with Gasteiger partial charge in [-0.1, -0.05) is 23.7 Å². The molecule has 2 N–H and O–H groups in total. The molecule has 0 saturated carbocycles. The maximum atomic E-state index is 12.1. The van der Waals surface area contributed by atoms with Crippen LogP contribution in [0.4, 0.5) is 11.4 Å². The first-order valence-corrected chi connectivity index (χ1v) is 7.92. The number of carbonyl (C=O) groups excluding carboxylic acids is 1. The molecule has 118 valence electrons. The fourth-order valence-electron chi connectivity index (χ4n) is 1.73. The van der Waals surface area contributed by atoms with Crippen molar-refractivity contribution in [1.82, 2.24) is 0 Å². The van der Waals surface area contributed by atoms with Crippen LogP contribution >= 0.6 is 23.4 Å². The molecule has 0 unspecified atom stereocenters. The molecule has 2 aromatic rings. The Hall–Kier alpha value is -2.93. The largest absolute Gasteiger partial charge is 0.360 e. The van der Waals surface area contributed by atoms with Gasteiger partial charge in [0, 0.05) is 16.8 Å². The molecule has 0 atom stereocenters. The summed E-state index contributed by atoms with van der Waals surface area (Å²) in [7, 11) is 0. The topological polar surface area (TPSA) is 88.7 Å². The number of nitriles is 2. The summed E-state index contributed by atoms with van der Waals surface area (Å²) in [5, 5.41) is 25.6. The van der Waals surface area contributed by atoms with Gasteiger partial charge in [0.25, 0.3) is 5.91 Å². The lowest BCUT2D eigenvalue weighted by Gasteiger charge is -2.07. The quantitative estimate of drug-likeness (QED) is 0.360. The average Bonchev–Trinajstić information content (AvgIpc) is 2.59. The average molecular weight is 355 g/mol. The van der Waals surface area contributed by atoms with Crippen LogP contribution in [0, 0.1) is 22.0 Å². The summed E-state index contributed by atoms with van der Waals surface area (Å²) in [6.45, 7) is 0. The van der Waals surface area contributed by atoms with Crippen LogP contribution in [0.25, 0.3) is 0 Å². The summed E-state index contributed by atoms with van der Waals surface area (Å²) in [6.07, 6.45) is 1.32. The fourth-order valence-corrected chi connectivity index (χ4v) is 2.29. The Bertz CT molecular complexity index is 850. The first-order chi connectivity index (χ1) is 11.6. The molecule has 5 nitrogen and oxygen atoms in total. The molecule has 0 aliphatic carbocycles. The smallest absolute Gasteiger partial charge is 0.267 e. The Morgan fingerprint density at radius 3 is 2.46 bits per heavy atom. The Morgan fingerprint density at radius 1 is 1.12 bits per heavy atom. The van der Waals surface area contributed by atoms with Gasteiger partial charge in [0.15, 0.2) is 0 Å². The van der Waals surface area contributed by atoms with Gasteiger partial charge in [0.1, 0.15) is 17.0 Å². The van der Waals surface area contributed by atoms with Crippen LogP contribution in [0.1, 0.15) is 0 Å². The molecule has 0 radical (unpaired) electrons. The van der Waals surface area contributed by atoms with Crippen molar-refractivity contribution < 1.29 is 4.79 Å². The monoisotopic (exact) mass is 354 g/mol. The minimum absolute atomic E-state index is 0.0922. The molecule has 0 heterocycles. The van der Waals surface area contributed by atoms with Gasteiger partial charge in [-0.15, -0.1) is 0 Å². The van der Waals surface area contributed by atoms with E-state index in [0.29, 0.717) is 16.4 Å². The van der Waals surface area contributed by atoms with Gasteiger partial charge in [-0.3, -0.25) is 4.79 Å². The van der Waals surface area contributed by atoms with Gasteiger partial charge >= 0.3 is 0 Å². The van der Waals surface area contributed by atoms with Crippen molar-refractivity contribution in [1.29, 1.82) is 10.5 Å². The Labute approximate surface area is 148 Å². The van der Waals surface area contributed by atoms with E-state index in [0.717, 1.165) is 16.7 Å². The highest BCUT2D eigenvalue weighted by molar-refractivity contribution is 8.03. The standard InChI is InChI=1S/C17H11ClN4OS/c18-15-3-1-2-4-16(15)22-17(23)12(9-19)10-21-13-5-7-14(8-6-13)24-11-20/h1-8,10,21H,(H,22,23)/b12-10-. The van der Waals surface area contributed by atoms with Gasteiger partial charge in [0.2, 0.25) is 0 Å². The highest BCUT2D eigenvalue weighted by Crippen LogP contribution is 2.21. The predicted octanol–water partition coefficient (Wildman–Crippen LogP) is 4.37. The van der Waals surface area contributed by atoms with Crippen LogP contribution in [-0.4, -0.2) is 5.91 Å². The second kappa shape index (κ2) is 8.64. The summed E-state index contributed by atoms with van der Waals surface area (Å²) >= 11 is 7.03. The van der Waals surface area contributed by atoms with Gasteiger partial charge in [-0.05, 0) is 48.2 Å². The highest BCUT2D eigenvalue weighted by Gasteiger charge is 2.10. The lowest BCUT2D eigenvalue weighted by atomic mass is 10.2. The first-order valence-electron chi connectivity index (χ1n) is 6.72. The predicted molar refractivity (Wildman–Crippen MR) is 95.3 cm³/mol. The zero-order valence-corrected chi connectivity index (χ0v) is 13.9. The van der Waals surface area contributed by atoms with E-state index in [1.165, 1.54) is 6.20 Å². The number of nitrogens with zero attached hydrogens (tertiary/aromatic N) is 2. The van der Waals surface area contributed by atoms with Gasteiger partial charge < -0.3 is 10.6 Å². The van der Waals surface area contributed by atoms with Crippen LogP contribution in [0.3, 0.4) is 0 Å². The molecule has 7 heteroatoms. The van der Waals surface area contributed by atoms with E-state index < -0.39 is 5.91 Å². The van der Waals surface area contributed by atoms with Crippen molar-refractivity contribution >= 4 is 40.6 Å². The lowest BCUT2D eigenvalue weighted by molar-refractivity contribution is -0.112. The number of halogens is 1. The van der Waals surface area contributed by atoms with Crippen LogP contribution in [0.5, 0.6) is 0 Å². The molecule has 0 aliphatic rings. The van der Waals surface area contributed by atoms with Crippen LogP contribution in [0.2, 0.25) is 5.02 Å². The Balaban J connectivity index is 2.06. The van der Waals surface area contributed by atoms with Crippen molar-refractivity contribution in [2.24, 2.45) is 0 Å². The zero-order chi connectivity index (χ0) is 17.4. The summed E-state index contributed by atoms with van der Waals surface area (Å²) in [5.74, 6) is -0.560. The van der Waals surface area contributed by atoms with E-state index in [1.54, 1.807) is 48.5 Å². The molecule has 0 aromatic heterocycles. The first kappa shape index (κ1) is 17.4. The molecular formula is C17H11ClN4OS. The van der Waals surface area contributed by atoms with Crippen molar-refractivity contribution in [2.75, 3.05) is 10.6 Å². The van der Waals surface area contributed by atoms with Gasteiger partial charge in [-0.25, -0.2) is 0 Å². The SMILES string of the molecule is N#CSc1ccc(N/C=C(/C#N)C(=O)Nc2ccccc2Cl)cc1. The molecule has 0 saturated heterocycles. The summed E-state index contributed by atoms with van der Waals surface area (Å²) < 4.78 is 0. The van der Waals surface area contributed by atoms with E-state index in [9.17, 15) is 4.79 Å². The number of amides is 1. The fraction of sp³-hybridized carbons (Fsp3) is 0. The van der Waals surface area contributed by atoms with E-state index in [4.69, 9.17) is 22.1 Å². The highest BCUT2D eigenvalue weighted by atomic mass is 35.5. The van der Waals surface area contributed by atoms with Crippen LogP contribution in [0.15, 0.2) is 65.2 Å². The third kappa shape index (κ3) is 4.79. The second-order valence-corrected chi connectivity index (χ2v) is 5.73.